The summed E-state index contributed by atoms with van der Waals surface area (Å²) in [5.41, 5.74) is 2.97. The molecule has 1 saturated heterocycles. The third-order valence-electron chi connectivity index (χ3n) is 7.11. The smallest absolute Gasteiger partial charge is 0.284 e. The Morgan fingerprint density at radius 3 is 2.49 bits per heavy atom. The van der Waals surface area contributed by atoms with Gasteiger partial charge >= 0.3 is 0 Å². The molecule has 194 valence electrons. The van der Waals surface area contributed by atoms with Gasteiger partial charge in [-0.15, -0.1) is 0 Å². The Hall–Kier alpha value is -5.03. The highest BCUT2D eigenvalue weighted by atomic mass is 16.3. The monoisotopic (exact) mass is 519 g/mol. The van der Waals surface area contributed by atoms with Crippen molar-refractivity contribution in [2.75, 3.05) is 43.4 Å². The second-order valence-electron chi connectivity index (χ2n) is 9.65. The molecule has 0 unspecified atom stereocenters. The third-order valence-corrected chi connectivity index (χ3v) is 7.11. The van der Waals surface area contributed by atoms with Gasteiger partial charge < -0.3 is 20.2 Å². The van der Waals surface area contributed by atoms with Crippen molar-refractivity contribution in [3.05, 3.63) is 83.4 Å². The van der Waals surface area contributed by atoms with Gasteiger partial charge in [0.15, 0.2) is 17.1 Å². The van der Waals surface area contributed by atoms with Crippen LogP contribution in [0.2, 0.25) is 0 Å². The van der Waals surface area contributed by atoms with Gasteiger partial charge in [0.05, 0.1) is 5.52 Å². The number of phenols is 1. The lowest BCUT2D eigenvalue weighted by molar-refractivity contribution is 0.313. The van der Waals surface area contributed by atoms with Crippen molar-refractivity contribution < 1.29 is 5.11 Å². The van der Waals surface area contributed by atoms with Crippen LogP contribution in [0.5, 0.6) is 5.75 Å². The number of anilines is 3. The van der Waals surface area contributed by atoms with Crippen LogP contribution < -0.4 is 15.8 Å². The molecule has 11 nitrogen and oxygen atoms in total. The molecule has 0 spiro atoms. The fraction of sp³-hybridized carbons (Fsp3) is 0.179. The Morgan fingerprint density at radius 1 is 0.897 bits per heavy atom. The van der Waals surface area contributed by atoms with Crippen molar-refractivity contribution in [3.8, 4) is 11.6 Å². The minimum Gasteiger partial charge on any atom is -0.508 e. The molecule has 4 aromatic heterocycles. The Kier molecular flexibility index (Phi) is 5.37. The average molecular weight is 520 g/mol. The fourth-order valence-corrected chi connectivity index (χ4v) is 5.03. The summed E-state index contributed by atoms with van der Waals surface area (Å²) in [5, 5.41) is 14.4. The molecule has 0 aliphatic carbocycles. The van der Waals surface area contributed by atoms with Crippen molar-refractivity contribution >= 4 is 44.9 Å². The van der Waals surface area contributed by atoms with Gasteiger partial charge in [0.25, 0.3) is 5.56 Å². The summed E-state index contributed by atoms with van der Waals surface area (Å²) in [6, 6.07) is 18.5. The van der Waals surface area contributed by atoms with Gasteiger partial charge in [-0.05, 0) is 55.6 Å². The van der Waals surface area contributed by atoms with Gasteiger partial charge in [-0.3, -0.25) is 4.79 Å². The molecule has 0 bridgehead atoms. The van der Waals surface area contributed by atoms with E-state index in [4.69, 9.17) is 4.98 Å². The van der Waals surface area contributed by atoms with Crippen LogP contribution in [0.4, 0.5) is 17.3 Å². The predicted octanol–water partition coefficient (Wildman–Crippen LogP) is 3.18. The number of benzene rings is 2. The van der Waals surface area contributed by atoms with Crippen LogP contribution in [0.25, 0.3) is 33.4 Å². The summed E-state index contributed by atoms with van der Waals surface area (Å²) < 4.78 is 3.09. The van der Waals surface area contributed by atoms with E-state index in [0.717, 1.165) is 31.9 Å². The van der Waals surface area contributed by atoms with Crippen molar-refractivity contribution in [1.29, 1.82) is 0 Å². The molecule has 0 amide bonds. The van der Waals surface area contributed by atoms with E-state index in [-0.39, 0.29) is 22.3 Å². The van der Waals surface area contributed by atoms with E-state index in [9.17, 15) is 9.90 Å². The quantitative estimate of drug-likeness (QED) is 0.362. The van der Waals surface area contributed by atoms with Crippen molar-refractivity contribution in [1.82, 2.24) is 34.0 Å². The Balaban J connectivity index is 1.29. The third kappa shape index (κ3) is 3.99. The first-order valence-corrected chi connectivity index (χ1v) is 12.7. The number of aromatic nitrogens is 6. The minimum atomic E-state index is -0.334. The number of phenolic OH excluding ortho intramolecular Hbond substituents is 1. The highest BCUT2D eigenvalue weighted by Crippen LogP contribution is 2.27. The molecule has 0 atom stereocenters. The Bertz CT molecular complexity index is 1890. The maximum atomic E-state index is 13.7. The number of rotatable bonds is 4. The predicted molar refractivity (Wildman–Crippen MR) is 150 cm³/mol. The number of fused-ring (bicyclic) bond motifs is 4. The van der Waals surface area contributed by atoms with Crippen LogP contribution in [0, 0.1) is 0 Å². The standard InChI is InChI=1S/C28H25N9O2/c1-34-12-14-35(15-13-34)19-7-5-18(6-8-19)31-28-30-17-22-25(33-28)32-26-21-10-9-20(38)16-23(21)36(37(26)27(22)39)24-4-2-3-11-29-24/h2-11,16-17,38H,12-15H2,1H3,(H,30,31,33). The van der Waals surface area contributed by atoms with Crippen molar-refractivity contribution in [3.63, 3.8) is 0 Å². The van der Waals surface area contributed by atoms with Gasteiger partial charge in [-0.2, -0.15) is 9.50 Å². The van der Waals surface area contributed by atoms with Crippen LogP contribution in [0.15, 0.2) is 77.9 Å². The zero-order valence-electron chi connectivity index (χ0n) is 21.2. The summed E-state index contributed by atoms with van der Waals surface area (Å²) in [6.45, 7) is 4.10. The first-order chi connectivity index (χ1) is 19.0. The topological polar surface area (TPSA) is 117 Å². The summed E-state index contributed by atoms with van der Waals surface area (Å²) in [5.74, 6) is 0.938. The van der Waals surface area contributed by atoms with E-state index in [2.05, 4.69) is 49.2 Å². The Labute approximate surface area is 222 Å². The number of nitrogens with one attached hydrogen (secondary N) is 1. The van der Waals surface area contributed by atoms with Gasteiger partial charge in [0, 0.05) is 61.4 Å². The highest BCUT2D eigenvalue weighted by molar-refractivity contribution is 5.96. The van der Waals surface area contributed by atoms with E-state index in [0.29, 0.717) is 28.3 Å². The van der Waals surface area contributed by atoms with Crippen molar-refractivity contribution in [2.45, 2.75) is 0 Å². The molecule has 2 N–H and O–H groups in total. The fourth-order valence-electron chi connectivity index (χ4n) is 5.03. The van der Waals surface area contributed by atoms with Crippen LogP contribution in [-0.4, -0.2) is 72.4 Å². The SMILES string of the molecule is CN1CCN(c2ccc(Nc3ncc4c(=O)n5c(nc4n3)c3ccc(O)cc3n5-c3ccccn3)cc2)CC1. The van der Waals surface area contributed by atoms with Crippen molar-refractivity contribution in [2.24, 2.45) is 0 Å². The molecule has 6 aromatic rings. The summed E-state index contributed by atoms with van der Waals surface area (Å²) >= 11 is 0. The maximum Gasteiger partial charge on any atom is 0.284 e. The molecule has 1 fully saturated rings. The number of likely N-dealkylation sites (N-methyl/N-ethyl adjacent to an activating group) is 1. The van der Waals surface area contributed by atoms with E-state index in [1.54, 1.807) is 41.2 Å². The zero-order chi connectivity index (χ0) is 26.5. The van der Waals surface area contributed by atoms with Gasteiger partial charge in [0.1, 0.15) is 11.1 Å². The molecule has 39 heavy (non-hydrogen) atoms. The van der Waals surface area contributed by atoms with E-state index >= 15 is 0 Å². The summed E-state index contributed by atoms with van der Waals surface area (Å²) in [7, 11) is 2.14. The first kappa shape index (κ1) is 23.1. The van der Waals surface area contributed by atoms with Crippen LogP contribution in [-0.2, 0) is 0 Å². The van der Waals surface area contributed by atoms with E-state index in [1.807, 2.05) is 18.2 Å². The zero-order valence-corrected chi connectivity index (χ0v) is 21.2. The molecule has 2 aromatic carbocycles. The number of hydrogen-bond donors (Lipinski definition) is 2. The average Bonchev–Trinajstić information content (AvgIpc) is 3.28. The molecule has 1 aliphatic rings. The van der Waals surface area contributed by atoms with Gasteiger partial charge in [-0.25, -0.2) is 19.6 Å². The minimum absolute atomic E-state index is 0.0741. The number of piperazine rings is 1. The normalized spacial score (nSPS) is 14.4. The lowest BCUT2D eigenvalue weighted by atomic mass is 10.2. The molecule has 7 rings (SSSR count). The first-order valence-electron chi connectivity index (χ1n) is 12.7. The molecule has 5 heterocycles. The molecule has 0 radical (unpaired) electrons. The molecule has 1 aliphatic heterocycles. The second-order valence-corrected chi connectivity index (χ2v) is 9.65. The van der Waals surface area contributed by atoms with Gasteiger partial charge in [0.2, 0.25) is 5.95 Å². The molecular weight excluding hydrogens is 494 g/mol. The molecule has 11 heteroatoms. The number of nitrogens with zero attached hydrogens (tertiary/aromatic N) is 8. The maximum absolute atomic E-state index is 13.7. The summed E-state index contributed by atoms with van der Waals surface area (Å²) in [6.07, 6.45) is 3.14. The Morgan fingerprint density at radius 2 is 1.72 bits per heavy atom. The number of pyridine rings is 1. The summed E-state index contributed by atoms with van der Waals surface area (Å²) in [4.78, 5) is 36.6. The van der Waals surface area contributed by atoms with Crippen LogP contribution in [0.3, 0.4) is 0 Å². The van der Waals surface area contributed by atoms with E-state index in [1.165, 1.54) is 16.4 Å². The van der Waals surface area contributed by atoms with Crippen LogP contribution >= 0.6 is 0 Å². The second kappa shape index (κ2) is 9.07. The lowest BCUT2D eigenvalue weighted by Gasteiger charge is -2.34. The van der Waals surface area contributed by atoms with Crippen LogP contribution in [0.1, 0.15) is 0 Å². The lowest BCUT2D eigenvalue weighted by Crippen LogP contribution is -2.44. The number of hydrogen-bond acceptors (Lipinski definition) is 9. The largest absolute Gasteiger partial charge is 0.508 e. The number of aromatic hydroxyl groups is 1. The highest BCUT2D eigenvalue weighted by Gasteiger charge is 2.19. The molecular formula is C28H25N9O2. The van der Waals surface area contributed by atoms with Gasteiger partial charge in [-0.1, -0.05) is 6.07 Å². The molecule has 0 saturated carbocycles. The van der Waals surface area contributed by atoms with E-state index < -0.39 is 0 Å².